The van der Waals surface area contributed by atoms with Crippen LogP contribution in [0.1, 0.15) is 43.0 Å². The van der Waals surface area contributed by atoms with E-state index in [2.05, 4.69) is 20.6 Å². The summed E-state index contributed by atoms with van der Waals surface area (Å²) in [7, 11) is 0. The summed E-state index contributed by atoms with van der Waals surface area (Å²) in [6, 6.07) is 9.93. The Morgan fingerprint density at radius 1 is 1.21 bits per heavy atom. The summed E-state index contributed by atoms with van der Waals surface area (Å²) < 4.78 is 0. The van der Waals surface area contributed by atoms with Crippen molar-refractivity contribution in [3.63, 3.8) is 0 Å². The zero-order valence-corrected chi connectivity index (χ0v) is 13.8. The van der Waals surface area contributed by atoms with Crippen LogP contribution >= 0.6 is 0 Å². The lowest BCUT2D eigenvalue weighted by Gasteiger charge is -2.29. The highest BCUT2D eigenvalue weighted by Crippen LogP contribution is 2.23. The van der Waals surface area contributed by atoms with Crippen molar-refractivity contribution in [2.24, 2.45) is 5.73 Å². The van der Waals surface area contributed by atoms with Crippen LogP contribution in [0.2, 0.25) is 0 Å². The van der Waals surface area contributed by atoms with Gasteiger partial charge in [-0.2, -0.15) is 4.98 Å². The van der Waals surface area contributed by atoms with Crippen LogP contribution < -0.4 is 16.4 Å². The monoisotopic (exact) mass is 325 g/mol. The number of nitrogens with zero attached hydrogens (tertiary/aromatic N) is 2. The van der Waals surface area contributed by atoms with E-state index in [1.165, 1.54) is 13.3 Å². The van der Waals surface area contributed by atoms with Crippen molar-refractivity contribution in [3.8, 4) is 0 Å². The molecule has 2 unspecified atom stereocenters. The summed E-state index contributed by atoms with van der Waals surface area (Å²) in [6.45, 7) is 1.51. The Balaban J connectivity index is 1.83. The minimum absolute atomic E-state index is 0.0747. The molecule has 126 valence electrons. The van der Waals surface area contributed by atoms with Gasteiger partial charge in [0.1, 0.15) is 5.82 Å². The number of aromatic nitrogens is 2. The molecule has 4 N–H and O–H groups in total. The van der Waals surface area contributed by atoms with E-state index in [0.717, 1.165) is 24.9 Å². The first-order chi connectivity index (χ1) is 11.6. The molecule has 1 aliphatic rings. The number of hydrogen-bond acceptors (Lipinski definition) is 6. The number of para-hydroxylation sites is 1. The number of Topliss-reactive ketones (excluding diaryl/α,β-unsaturated/α-hetero) is 1. The first-order valence-electron chi connectivity index (χ1n) is 8.35. The molecular weight excluding hydrogens is 302 g/mol. The van der Waals surface area contributed by atoms with E-state index < -0.39 is 0 Å². The minimum Gasteiger partial charge on any atom is -0.350 e. The Bertz CT molecular complexity index is 704. The largest absolute Gasteiger partial charge is 0.350 e. The highest BCUT2D eigenvalue weighted by molar-refractivity contribution is 5.99. The van der Waals surface area contributed by atoms with Gasteiger partial charge in [-0.3, -0.25) is 4.79 Å². The number of rotatable bonds is 5. The number of anilines is 3. The maximum atomic E-state index is 11.8. The average molecular weight is 325 g/mol. The lowest BCUT2D eigenvalue weighted by Crippen LogP contribution is -2.43. The maximum absolute atomic E-state index is 11.8. The van der Waals surface area contributed by atoms with Crippen LogP contribution in [0.5, 0.6) is 0 Å². The molecule has 0 radical (unpaired) electrons. The Kier molecular flexibility index (Phi) is 5.05. The summed E-state index contributed by atoms with van der Waals surface area (Å²) >= 11 is 0. The van der Waals surface area contributed by atoms with Crippen LogP contribution in [0, 0.1) is 0 Å². The van der Waals surface area contributed by atoms with Crippen LogP contribution in [0.15, 0.2) is 36.5 Å². The van der Waals surface area contributed by atoms with E-state index in [0.29, 0.717) is 17.3 Å². The van der Waals surface area contributed by atoms with Crippen LogP contribution in [-0.2, 0) is 0 Å². The first-order valence-corrected chi connectivity index (χ1v) is 8.35. The van der Waals surface area contributed by atoms with Gasteiger partial charge in [-0.25, -0.2) is 4.98 Å². The topological polar surface area (TPSA) is 92.9 Å². The van der Waals surface area contributed by atoms with Crippen molar-refractivity contribution in [1.29, 1.82) is 0 Å². The highest BCUT2D eigenvalue weighted by Gasteiger charge is 2.23. The van der Waals surface area contributed by atoms with Gasteiger partial charge in [0, 0.05) is 24.0 Å². The fourth-order valence-corrected chi connectivity index (χ4v) is 2.97. The highest BCUT2D eigenvalue weighted by atomic mass is 16.1. The van der Waals surface area contributed by atoms with Crippen LogP contribution in [0.3, 0.4) is 0 Å². The molecule has 1 aromatic heterocycles. The third-order valence-corrected chi connectivity index (χ3v) is 4.34. The summed E-state index contributed by atoms with van der Waals surface area (Å²) in [5.41, 5.74) is 7.52. The predicted molar refractivity (Wildman–Crippen MR) is 95.6 cm³/mol. The van der Waals surface area contributed by atoms with Crippen molar-refractivity contribution in [2.45, 2.75) is 44.7 Å². The number of nitrogens with one attached hydrogen (secondary N) is 2. The zero-order valence-electron chi connectivity index (χ0n) is 13.8. The molecule has 1 heterocycles. The molecule has 0 amide bonds. The number of benzene rings is 1. The molecule has 1 fully saturated rings. The Labute approximate surface area is 141 Å². The zero-order chi connectivity index (χ0) is 16.9. The van der Waals surface area contributed by atoms with Gasteiger partial charge < -0.3 is 16.4 Å². The summed E-state index contributed by atoms with van der Waals surface area (Å²) in [5, 5.41) is 6.52. The third kappa shape index (κ3) is 3.89. The Hall–Kier alpha value is -2.47. The van der Waals surface area contributed by atoms with Gasteiger partial charge in [0.25, 0.3) is 0 Å². The standard InChI is InChI=1S/C18H23N5O/c1-12(24)14-11-20-18(22-16-10-6-5-9-15(16)19)23-17(14)21-13-7-3-2-4-8-13/h2-4,7-8,11,15-16H,5-6,9-10,19H2,1H3,(H2,20,21,22,23). The number of nitrogens with two attached hydrogens (primary N) is 1. The van der Waals surface area contributed by atoms with Crippen LogP contribution in [0.25, 0.3) is 0 Å². The van der Waals surface area contributed by atoms with Gasteiger partial charge in [0.2, 0.25) is 5.95 Å². The molecule has 1 aromatic carbocycles. The second-order valence-electron chi connectivity index (χ2n) is 6.20. The molecule has 0 bridgehead atoms. The van der Waals surface area contributed by atoms with E-state index in [1.807, 2.05) is 30.3 Å². The quantitative estimate of drug-likeness (QED) is 0.732. The Morgan fingerprint density at radius 3 is 2.67 bits per heavy atom. The van der Waals surface area contributed by atoms with Gasteiger partial charge in [0.05, 0.1) is 5.56 Å². The van der Waals surface area contributed by atoms with E-state index in [1.54, 1.807) is 6.20 Å². The van der Waals surface area contributed by atoms with E-state index >= 15 is 0 Å². The molecule has 0 aliphatic heterocycles. The molecule has 24 heavy (non-hydrogen) atoms. The molecule has 3 rings (SSSR count). The molecule has 2 aromatic rings. The molecular formula is C18H23N5O. The van der Waals surface area contributed by atoms with Crippen molar-refractivity contribution in [3.05, 3.63) is 42.1 Å². The minimum atomic E-state index is -0.0747. The first kappa shape index (κ1) is 16.4. The fraction of sp³-hybridized carbons (Fsp3) is 0.389. The van der Waals surface area contributed by atoms with Crippen molar-refractivity contribution < 1.29 is 4.79 Å². The number of hydrogen-bond donors (Lipinski definition) is 3. The second kappa shape index (κ2) is 7.40. The number of ketones is 1. The molecule has 0 saturated heterocycles. The predicted octanol–water partition coefficient (Wildman–Crippen LogP) is 3.10. The maximum Gasteiger partial charge on any atom is 0.224 e. The van der Waals surface area contributed by atoms with Gasteiger partial charge in [-0.15, -0.1) is 0 Å². The van der Waals surface area contributed by atoms with Gasteiger partial charge in [0.15, 0.2) is 5.78 Å². The van der Waals surface area contributed by atoms with E-state index in [9.17, 15) is 4.79 Å². The van der Waals surface area contributed by atoms with Crippen LogP contribution in [-0.4, -0.2) is 27.8 Å². The SMILES string of the molecule is CC(=O)c1cnc(NC2CCCCC2N)nc1Nc1ccccc1. The van der Waals surface area contributed by atoms with Gasteiger partial charge >= 0.3 is 0 Å². The lowest BCUT2D eigenvalue weighted by molar-refractivity contribution is 0.101. The summed E-state index contributed by atoms with van der Waals surface area (Å²) in [6.07, 6.45) is 5.92. The Morgan fingerprint density at radius 2 is 1.96 bits per heavy atom. The van der Waals surface area contributed by atoms with Gasteiger partial charge in [-0.05, 0) is 31.9 Å². The normalized spacial score (nSPS) is 20.4. The molecule has 6 heteroatoms. The summed E-state index contributed by atoms with van der Waals surface area (Å²) in [5.74, 6) is 0.936. The van der Waals surface area contributed by atoms with E-state index in [4.69, 9.17) is 5.73 Å². The molecule has 1 aliphatic carbocycles. The summed E-state index contributed by atoms with van der Waals surface area (Å²) in [4.78, 5) is 20.6. The van der Waals surface area contributed by atoms with Gasteiger partial charge in [-0.1, -0.05) is 31.0 Å². The molecule has 6 nitrogen and oxygen atoms in total. The van der Waals surface area contributed by atoms with Crippen molar-refractivity contribution in [2.75, 3.05) is 10.6 Å². The second-order valence-corrected chi connectivity index (χ2v) is 6.20. The third-order valence-electron chi connectivity index (χ3n) is 4.34. The van der Waals surface area contributed by atoms with Crippen LogP contribution in [0.4, 0.5) is 17.5 Å². The number of carbonyl (C=O) groups is 1. The van der Waals surface area contributed by atoms with Crippen molar-refractivity contribution >= 4 is 23.2 Å². The average Bonchev–Trinajstić information content (AvgIpc) is 2.58. The molecule has 0 spiro atoms. The number of carbonyl (C=O) groups excluding carboxylic acids is 1. The van der Waals surface area contributed by atoms with Crippen molar-refractivity contribution in [1.82, 2.24) is 9.97 Å². The molecule has 1 saturated carbocycles. The van der Waals surface area contributed by atoms with E-state index in [-0.39, 0.29) is 17.9 Å². The molecule has 2 atom stereocenters. The fourth-order valence-electron chi connectivity index (χ4n) is 2.97. The smallest absolute Gasteiger partial charge is 0.224 e. The lowest BCUT2D eigenvalue weighted by atomic mass is 9.91.